The van der Waals surface area contributed by atoms with E-state index in [1.807, 2.05) is 12.1 Å². The molecule has 18 heavy (non-hydrogen) atoms. The highest BCUT2D eigenvalue weighted by molar-refractivity contribution is 5.98. The number of fused-ring (bicyclic) bond motifs is 1. The Bertz CT molecular complexity index is 428. The third-order valence-electron chi connectivity index (χ3n) is 3.03. The molecule has 4 heteroatoms. The summed E-state index contributed by atoms with van der Waals surface area (Å²) in [6.07, 6.45) is 1.83. The van der Waals surface area contributed by atoms with Crippen molar-refractivity contribution in [3.63, 3.8) is 0 Å². The fraction of sp³-hybridized carbons (Fsp3) is 0.500. The van der Waals surface area contributed by atoms with E-state index >= 15 is 0 Å². The number of ketones is 1. The van der Waals surface area contributed by atoms with E-state index in [2.05, 4.69) is 0 Å². The van der Waals surface area contributed by atoms with Gasteiger partial charge in [-0.25, -0.2) is 0 Å². The lowest BCUT2D eigenvalue weighted by atomic mass is 9.90. The Balaban J connectivity index is 2.00. The number of carbonyl (C=O) groups excluding carboxylic acids is 1. The summed E-state index contributed by atoms with van der Waals surface area (Å²) >= 11 is 0. The van der Waals surface area contributed by atoms with E-state index in [9.17, 15) is 9.90 Å². The van der Waals surface area contributed by atoms with E-state index < -0.39 is 6.10 Å². The summed E-state index contributed by atoms with van der Waals surface area (Å²) in [4.78, 5) is 11.7. The highest BCUT2D eigenvalue weighted by Crippen LogP contribution is 2.25. The van der Waals surface area contributed by atoms with Gasteiger partial charge in [0.05, 0.1) is 6.61 Å². The summed E-state index contributed by atoms with van der Waals surface area (Å²) in [5.41, 5.74) is 1.86. The van der Waals surface area contributed by atoms with Crippen LogP contribution >= 0.6 is 0 Å². The summed E-state index contributed by atoms with van der Waals surface area (Å²) in [5, 5.41) is 9.49. The molecule has 1 aromatic rings. The Kier molecular flexibility index (Phi) is 4.33. The van der Waals surface area contributed by atoms with Crippen LogP contribution in [0, 0.1) is 0 Å². The van der Waals surface area contributed by atoms with Gasteiger partial charge in [0.15, 0.2) is 5.78 Å². The van der Waals surface area contributed by atoms with Crippen LogP contribution in [0.5, 0.6) is 5.75 Å². The van der Waals surface area contributed by atoms with Gasteiger partial charge >= 0.3 is 0 Å². The monoisotopic (exact) mass is 250 g/mol. The van der Waals surface area contributed by atoms with Crippen molar-refractivity contribution in [2.24, 2.45) is 0 Å². The quantitative estimate of drug-likeness (QED) is 0.862. The Morgan fingerprint density at radius 1 is 1.33 bits per heavy atom. The van der Waals surface area contributed by atoms with Gasteiger partial charge in [0, 0.05) is 19.1 Å². The van der Waals surface area contributed by atoms with Crippen LogP contribution in [-0.2, 0) is 11.2 Å². The largest absolute Gasteiger partial charge is 0.491 e. The molecule has 0 aromatic heterocycles. The van der Waals surface area contributed by atoms with Crippen LogP contribution in [0.1, 0.15) is 28.8 Å². The zero-order chi connectivity index (χ0) is 13.0. The second-order valence-corrected chi connectivity index (χ2v) is 4.52. The summed E-state index contributed by atoms with van der Waals surface area (Å²) in [7, 11) is 1.54. The van der Waals surface area contributed by atoms with Gasteiger partial charge < -0.3 is 14.6 Å². The summed E-state index contributed by atoms with van der Waals surface area (Å²) in [6, 6.07) is 5.49. The number of hydrogen-bond donors (Lipinski definition) is 1. The standard InChI is InChI=1S/C14H18O4/c1-17-8-11(15)9-18-12-5-6-13-10(7-12)3-2-4-14(13)16/h5-7,11,15H,2-4,8-9H2,1H3. The molecule has 0 amide bonds. The third kappa shape index (κ3) is 3.09. The molecule has 0 radical (unpaired) electrons. The van der Waals surface area contributed by atoms with Crippen LogP contribution in [0.2, 0.25) is 0 Å². The van der Waals surface area contributed by atoms with Crippen molar-refractivity contribution in [3.8, 4) is 5.75 Å². The molecule has 0 spiro atoms. The highest BCUT2D eigenvalue weighted by atomic mass is 16.5. The Labute approximate surface area is 107 Å². The lowest BCUT2D eigenvalue weighted by molar-refractivity contribution is 0.0325. The molecule has 0 bridgehead atoms. The van der Waals surface area contributed by atoms with Crippen molar-refractivity contribution in [1.82, 2.24) is 0 Å². The van der Waals surface area contributed by atoms with Crippen molar-refractivity contribution in [2.75, 3.05) is 20.3 Å². The predicted octanol–water partition coefficient (Wildman–Crippen LogP) is 1.59. The molecule has 1 atom stereocenters. The molecule has 1 unspecified atom stereocenters. The first-order valence-electron chi connectivity index (χ1n) is 6.16. The number of aryl methyl sites for hydroxylation is 1. The first kappa shape index (κ1) is 13.1. The summed E-state index contributed by atoms with van der Waals surface area (Å²) in [5.74, 6) is 0.904. The van der Waals surface area contributed by atoms with Gasteiger partial charge in [-0.15, -0.1) is 0 Å². The van der Waals surface area contributed by atoms with Gasteiger partial charge in [0.25, 0.3) is 0 Å². The molecule has 98 valence electrons. The molecular weight excluding hydrogens is 232 g/mol. The molecule has 0 aliphatic heterocycles. The van der Waals surface area contributed by atoms with E-state index in [-0.39, 0.29) is 19.0 Å². The second-order valence-electron chi connectivity index (χ2n) is 4.52. The zero-order valence-electron chi connectivity index (χ0n) is 10.5. The maximum atomic E-state index is 11.7. The lowest BCUT2D eigenvalue weighted by Crippen LogP contribution is -2.22. The second kappa shape index (κ2) is 5.98. The average molecular weight is 250 g/mol. The molecule has 1 aromatic carbocycles. The first-order valence-corrected chi connectivity index (χ1v) is 6.16. The van der Waals surface area contributed by atoms with Gasteiger partial charge in [-0.3, -0.25) is 4.79 Å². The minimum atomic E-state index is -0.632. The van der Waals surface area contributed by atoms with E-state index in [1.54, 1.807) is 6.07 Å². The lowest BCUT2D eigenvalue weighted by Gasteiger charge is -2.17. The topological polar surface area (TPSA) is 55.8 Å². The number of aliphatic hydroxyl groups excluding tert-OH is 1. The number of methoxy groups -OCH3 is 1. The van der Waals surface area contributed by atoms with Crippen LogP contribution < -0.4 is 4.74 Å². The number of carbonyl (C=O) groups is 1. The van der Waals surface area contributed by atoms with Crippen molar-refractivity contribution in [1.29, 1.82) is 0 Å². The van der Waals surface area contributed by atoms with E-state index in [0.29, 0.717) is 12.2 Å². The number of ether oxygens (including phenoxy) is 2. The average Bonchev–Trinajstić information content (AvgIpc) is 2.37. The van der Waals surface area contributed by atoms with Gasteiger partial charge in [-0.1, -0.05) is 0 Å². The number of Topliss-reactive ketones (excluding diaryl/α,β-unsaturated/α-hetero) is 1. The van der Waals surface area contributed by atoms with Crippen molar-refractivity contribution < 1.29 is 19.4 Å². The molecule has 0 heterocycles. The molecule has 1 aliphatic rings. The normalized spacial score (nSPS) is 16.2. The number of benzene rings is 1. The minimum absolute atomic E-state index is 0.195. The van der Waals surface area contributed by atoms with E-state index in [4.69, 9.17) is 9.47 Å². The third-order valence-corrected chi connectivity index (χ3v) is 3.03. The van der Waals surface area contributed by atoms with Crippen LogP contribution in [-0.4, -0.2) is 37.3 Å². The van der Waals surface area contributed by atoms with E-state index in [0.717, 1.165) is 24.0 Å². The van der Waals surface area contributed by atoms with Crippen LogP contribution in [0.4, 0.5) is 0 Å². The maximum absolute atomic E-state index is 11.7. The van der Waals surface area contributed by atoms with Crippen molar-refractivity contribution in [2.45, 2.75) is 25.4 Å². The van der Waals surface area contributed by atoms with E-state index in [1.165, 1.54) is 7.11 Å². The molecule has 0 saturated carbocycles. The summed E-state index contributed by atoms with van der Waals surface area (Å²) < 4.78 is 10.3. The minimum Gasteiger partial charge on any atom is -0.491 e. The summed E-state index contributed by atoms with van der Waals surface area (Å²) in [6.45, 7) is 0.448. The first-order chi connectivity index (χ1) is 8.70. The van der Waals surface area contributed by atoms with Crippen LogP contribution in [0.25, 0.3) is 0 Å². The predicted molar refractivity (Wildman–Crippen MR) is 67.1 cm³/mol. The Morgan fingerprint density at radius 2 is 2.17 bits per heavy atom. The molecule has 1 aliphatic carbocycles. The van der Waals surface area contributed by atoms with Crippen molar-refractivity contribution >= 4 is 5.78 Å². The Hall–Kier alpha value is -1.39. The SMILES string of the molecule is COCC(O)COc1ccc2c(c1)CCCC2=O. The number of rotatable bonds is 5. The van der Waals surface area contributed by atoms with Crippen LogP contribution in [0.3, 0.4) is 0 Å². The molecular formula is C14H18O4. The molecule has 0 saturated heterocycles. The molecule has 4 nitrogen and oxygen atoms in total. The number of aliphatic hydroxyl groups is 1. The fourth-order valence-electron chi connectivity index (χ4n) is 2.15. The maximum Gasteiger partial charge on any atom is 0.163 e. The number of hydrogen-bond acceptors (Lipinski definition) is 4. The molecule has 0 fully saturated rings. The van der Waals surface area contributed by atoms with Gasteiger partial charge in [0.1, 0.15) is 18.5 Å². The van der Waals surface area contributed by atoms with Gasteiger partial charge in [-0.05, 0) is 36.6 Å². The van der Waals surface area contributed by atoms with Crippen LogP contribution in [0.15, 0.2) is 18.2 Å². The molecule has 1 N–H and O–H groups in total. The smallest absolute Gasteiger partial charge is 0.163 e. The molecule has 2 rings (SSSR count). The Morgan fingerprint density at radius 3 is 2.94 bits per heavy atom. The zero-order valence-corrected chi connectivity index (χ0v) is 10.5. The van der Waals surface area contributed by atoms with Gasteiger partial charge in [-0.2, -0.15) is 0 Å². The van der Waals surface area contributed by atoms with Crippen molar-refractivity contribution in [3.05, 3.63) is 29.3 Å². The highest BCUT2D eigenvalue weighted by Gasteiger charge is 2.17. The van der Waals surface area contributed by atoms with Gasteiger partial charge in [0.2, 0.25) is 0 Å². The fourth-order valence-corrected chi connectivity index (χ4v) is 2.15.